The fourth-order valence-electron chi connectivity index (χ4n) is 1.21. The van der Waals surface area contributed by atoms with E-state index in [1.54, 1.807) is 13.2 Å². The molecule has 0 aromatic carbocycles. The highest BCUT2D eigenvalue weighted by Gasteiger charge is 2.06. The van der Waals surface area contributed by atoms with Crippen molar-refractivity contribution in [2.24, 2.45) is 0 Å². The maximum absolute atomic E-state index is 6.02. The third-order valence-corrected chi connectivity index (χ3v) is 2.32. The Hall–Kier alpha value is -1.10. The molecule has 0 aliphatic rings. The normalized spacial score (nSPS) is 10.3. The van der Waals surface area contributed by atoms with Gasteiger partial charge in [0.2, 0.25) is 0 Å². The van der Waals surface area contributed by atoms with Crippen molar-refractivity contribution in [2.45, 2.75) is 13.5 Å². The van der Waals surface area contributed by atoms with Crippen molar-refractivity contribution in [1.82, 2.24) is 4.98 Å². The molecular weight excluding hydrogens is 242 g/mol. The number of halogens is 1. The van der Waals surface area contributed by atoms with Crippen LogP contribution < -0.4 is 0 Å². The number of rotatable bonds is 7. The van der Waals surface area contributed by atoms with Crippen LogP contribution in [0.1, 0.15) is 18.2 Å². The van der Waals surface area contributed by atoms with Gasteiger partial charge in [0.05, 0.1) is 13.2 Å². The van der Waals surface area contributed by atoms with Gasteiger partial charge in [0.25, 0.3) is 0 Å². The lowest BCUT2D eigenvalue weighted by Gasteiger charge is -2.09. The molecule has 0 saturated carbocycles. The van der Waals surface area contributed by atoms with Crippen LogP contribution in [0.4, 0.5) is 0 Å². The van der Waals surface area contributed by atoms with Crippen molar-refractivity contribution < 1.29 is 14.2 Å². The van der Waals surface area contributed by atoms with Crippen molar-refractivity contribution in [3.8, 4) is 0 Å². The number of hydrogen-bond acceptors (Lipinski definition) is 4. The van der Waals surface area contributed by atoms with Crippen LogP contribution in [0.5, 0.6) is 0 Å². The minimum atomic E-state index is 0.226. The number of pyridine rings is 1. The Morgan fingerprint density at radius 3 is 2.82 bits per heavy atom. The molecule has 0 unspecified atom stereocenters. The smallest absolute Gasteiger partial charge is 0.146 e. The van der Waals surface area contributed by atoms with Gasteiger partial charge in [-0.3, -0.25) is 0 Å². The van der Waals surface area contributed by atoms with Crippen LogP contribution in [0.25, 0.3) is 5.76 Å². The average molecular weight is 258 g/mol. The third-order valence-electron chi connectivity index (χ3n) is 1.99. The highest BCUT2D eigenvalue weighted by molar-refractivity contribution is 6.30. The Kier molecular flexibility index (Phi) is 5.97. The second-order valence-corrected chi connectivity index (χ2v) is 3.62. The summed E-state index contributed by atoms with van der Waals surface area (Å²) in [6.07, 6.45) is 0. The van der Waals surface area contributed by atoms with E-state index >= 15 is 0 Å². The van der Waals surface area contributed by atoms with E-state index in [1.165, 1.54) is 0 Å². The minimum Gasteiger partial charge on any atom is -0.492 e. The number of nitrogens with zero attached hydrogens (tertiary/aromatic N) is 1. The standard InChI is InChI=1S/C12H16ClNO3/c1-4-17-9(2)11-6-5-10(12(13)14-11)7-16-8-15-3/h5-6H,2,4,7-8H2,1,3H3. The molecule has 5 heteroatoms. The molecule has 1 heterocycles. The van der Waals surface area contributed by atoms with E-state index in [0.29, 0.717) is 29.8 Å². The van der Waals surface area contributed by atoms with E-state index in [9.17, 15) is 0 Å². The van der Waals surface area contributed by atoms with Crippen molar-refractivity contribution in [2.75, 3.05) is 20.5 Å². The van der Waals surface area contributed by atoms with Crippen molar-refractivity contribution in [3.63, 3.8) is 0 Å². The third kappa shape index (κ3) is 4.34. The van der Waals surface area contributed by atoms with E-state index < -0.39 is 0 Å². The van der Waals surface area contributed by atoms with Crippen molar-refractivity contribution in [1.29, 1.82) is 0 Å². The van der Waals surface area contributed by atoms with Gasteiger partial charge in [0.15, 0.2) is 0 Å². The highest BCUT2D eigenvalue weighted by Crippen LogP contribution is 2.19. The first kappa shape index (κ1) is 14.0. The summed E-state index contributed by atoms with van der Waals surface area (Å²) in [6, 6.07) is 3.64. The maximum atomic E-state index is 6.02. The summed E-state index contributed by atoms with van der Waals surface area (Å²) in [5, 5.41) is 0.388. The van der Waals surface area contributed by atoms with Gasteiger partial charge >= 0.3 is 0 Å². The molecule has 1 rings (SSSR count). The zero-order chi connectivity index (χ0) is 12.7. The largest absolute Gasteiger partial charge is 0.492 e. The molecule has 0 atom stereocenters. The number of ether oxygens (including phenoxy) is 3. The number of aromatic nitrogens is 1. The van der Waals surface area contributed by atoms with E-state index in [1.807, 2.05) is 13.0 Å². The second-order valence-electron chi connectivity index (χ2n) is 3.26. The molecule has 0 amide bonds. The molecule has 94 valence electrons. The van der Waals surface area contributed by atoms with Crippen LogP contribution in [0.3, 0.4) is 0 Å². The summed E-state index contributed by atoms with van der Waals surface area (Å²) in [6.45, 7) is 6.80. The first-order chi connectivity index (χ1) is 8.19. The van der Waals surface area contributed by atoms with Gasteiger partial charge in [-0.05, 0) is 13.0 Å². The lowest BCUT2D eigenvalue weighted by Crippen LogP contribution is -2.00. The van der Waals surface area contributed by atoms with Crippen molar-refractivity contribution >= 4 is 17.4 Å². The van der Waals surface area contributed by atoms with Crippen LogP contribution in [0.15, 0.2) is 18.7 Å². The molecule has 0 spiro atoms. The number of hydrogen-bond donors (Lipinski definition) is 0. The Balaban J connectivity index is 2.68. The SMILES string of the molecule is C=C(OCC)c1ccc(COCOC)c(Cl)n1. The summed E-state index contributed by atoms with van der Waals surface area (Å²) in [4.78, 5) is 4.19. The van der Waals surface area contributed by atoms with E-state index in [2.05, 4.69) is 11.6 Å². The highest BCUT2D eigenvalue weighted by atomic mass is 35.5. The van der Waals surface area contributed by atoms with Crippen LogP contribution in [0, 0.1) is 0 Å². The van der Waals surface area contributed by atoms with Crippen molar-refractivity contribution in [3.05, 3.63) is 35.1 Å². The summed E-state index contributed by atoms with van der Waals surface area (Å²) >= 11 is 6.02. The summed E-state index contributed by atoms with van der Waals surface area (Å²) in [5.74, 6) is 0.513. The molecular formula is C12H16ClNO3. The molecule has 0 aliphatic heterocycles. The zero-order valence-electron chi connectivity index (χ0n) is 10.0. The topological polar surface area (TPSA) is 40.6 Å². The van der Waals surface area contributed by atoms with E-state index in [4.69, 9.17) is 25.8 Å². The molecule has 0 aliphatic carbocycles. The molecule has 17 heavy (non-hydrogen) atoms. The molecule has 1 aromatic rings. The predicted molar refractivity (Wildman–Crippen MR) is 66.6 cm³/mol. The lowest BCUT2D eigenvalue weighted by molar-refractivity contribution is -0.0391. The van der Waals surface area contributed by atoms with Gasteiger partial charge in [-0.2, -0.15) is 0 Å². The van der Waals surface area contributed by atoms with Crippen LogP contribution in [0.2, 0.25) is 5.15 Å². The van der Waals surface area contributed by atoms with Gasteiger partial charge in [0.1, 0.15) is 23.4 Å². The fraction of sp³-hybridized carbons (Fsp3) is 0.417. The predicted octanol–water partition coefficient (Wildman–Crippen LogP) is 2.86. The minimum absolute atomic E-state index is 0.226. The monoisotopic (exact) mass is 257 g/mol. The first-order valence-corrected chi connectivity index (χ1v) is 5.61. The van der Waals surface area contributed by atoms with E-state index in [-0.39, 0.29) is 6.79 Å². The Labute approximate surface area is 106 Å². The second kappa shape index (κ2) is 7.27. The molecule has 0 N–H and O–H groups in total. The molecule has 0 bridgehead atoms. The zero-order valence-corrected chi connectivity index (χ0v) is 10.8. The summed E-state index contributed by atoms with van der Waals surface area (Å²) in [7, 11) is 1.56. The molecule has 1 aromatic heterocycles. The van der Waals surface area contributed by atoms with Gasteiger partial charge < -0.3 is 14.2 Å². The Bertz CT molecular complexity index is 382. The Morgan fingerprint density at radius 2 is 2.24 bits per heavy atom. The molecule has 0 saturated heterocycles. The lowest BCUT2D eigenvalue weighted by atomic mass is 10.2. The van der Waals surface area contributed by atoms with Crippen LogP contribution in [-0.2, 0) is 20.8 Å². The Morgan fingerprint density at radius 1 is 1.47 bits per heavy atom. The number of methoxy groups -OCH3 is 1. The maximum Gasteiger partial charge on any atom is 0.146 e. The first-order valence-electron chi connectivity index (χ1n) is 5.23. The van der Waals surface area contributed by atoms with Gasteiger partial charge in [-0.1, -0.05) is 24.2 Å². The summed E-state index contributed by atoms with van der Waals surface area (Å²) < 4.78 is 15.2. The van der Waals surface area contributed by atoms with Crippen LogP contribution in [-0.4, -0.2) is 25.5 Å². The summed E-state index contributed by atoms with van der Waals surface area (Å²) in [5.41, 5.74) is 1.43. The average Bonchev–Trinajstić information content (AvgIpc) is 2.31. The van der Waals surface area contributed by atoms with E-state index in [0.717, 1.165) is 5.56 Å². The van der Waals surface area contributed by atoms with Crippen LogP contribution >= 0.6 is 11.6 Å². The molecule has 4 nitrogen and oxygen atoms in total. The molecule has 0 fully saturated rings. The van der Waals surface area contributed by atoms with Gasteiger partial charge in [0, 0.05) is 12.7 Å². The molecule has 0 radical (unpaired) electrons. The van der Waals surface area contributed by atoms with Gasteiger partial charge in [-0.25, -0.2) is 4.98 Å². The fourth-order valence-corrected chi connectivity index (χ4v) is 1.42. The van der Waals surface area contributed by atoms with Gasteiger partial charge in [-0.15, -0.1) is 0 Å². The quantitative estimate of drug-likeness (QED) is 0.326.